The molecular formula is C20H25NO5. The van der Waals surface area contributed by atoms with Crippen molar-refractivity contribution in [3.8, 4) is 0 Å². The number of hydrogen-bond acceptors (Lipinski definition) is 4. The van der Waals surface area contributed by atoms with Crippen LogP contribution in [0, 0.1) is 0 Å². The Morgan fingerprint density at radius 3 is 2.50 bits per heavy atom. The molecule has 1 aromatic carbocycles. The number of hydrogen-bond donors (Lipinski definition) is 1. The zero-order valence-corrected chi connectivity index (χ0v) is 15.2. The first-order valence-electron chi connectivity index (χ1n) is 8.75. The maximum atomic E-state index is 12.8. The predicted octanol–water partition coefficient (Wildman–Crippen LogP) is 3.26. The molecule has 0 fully saturated rings. The second kappa shape index (κ2) is 9.77. The Bertz CT molecular complexity index is 723. The second-order valence-electron chi connectivity index (χ2n) is 5.98. The van der Waals surface area contributed by atoms with Crippen molar-refractivity contribution in [2.75, 3.05) is 26.8 Å². The highest BCUT2D eigenvalue weighted by molar-refractivity contribution is 5.96. The molecule has 0 radical (unpaired) electrons. The van der Waals surface area contributed by atoms with Crippen LogP contribution in [0.1, 0.15) is 45.6 Å². The number of nitrogens with zero attached hydrogens (tertiary/aromatic N) is 1. The standard InChI is InChI=1S/C20H25NO5/c1-3-17-16(20(23)24)14-18(26-17)19(22)21(12-13-25-2)11-7-10-15-8-5-4-6-9-15/h4-6,8-9,14H,3,7,10-13H2,1-2H3,(H,23,24). The first-order chi connectivity index (χ1) is 12.6. The van der Waals surface area contributed by atoms with E-state index >= 15 is 0 Å². The van der Waals surface area contributed by atoms with E-state index in [0.717, 1.165) is 12.8 Å². The third-order valence-electron chi connectivity index (χ3n) is 4.16. The van der Waals surface area contributed by atoms with Gasteiger partial charge in [-0.25, -0.2) is 4.79 Å². The molecule has 2 aromatic rings. The van der Waals surface area contributed by atoms with Gasteiger partial charge in [0.1, 0.15) is 11.3 Å². The Hall–Kier alpha value is -2.60. The van der Waals surface area contributed by atoms with Crippen LogP contribution in [0.3, 0.4) is 0 Å². The summed E-state index contributed by atoms with van der Waals surface area (Å²) in [6.45, 7) is 3.17. The topological polar surface area (TPSA) is 80.0 Å². The van der Waals surface area contributed by atoms with Gasteiger partial charge in [-0.15, -0.1) is 0 Å². The normalized spacial score (nSPS) is 10.7. The number of amides is 1. The third-order valence-corrected chi connectivity index (χ3v) is 4.16. The van der Waals surface area contributed by atoms with E-state index in [2.05, 4.69) is 12.1 Å². The largest absolute Gasteiger partial charge is 0.478 e. The molecule has 0 atom stereocenters. The quantitative estimate of drug-likeness (QED) is 0.704. The molecule has 0 aliphatic heterocycles. The van der Waals surface area contributed by atoms with Crippen molar-refractivity contribution in [3.63, 3.8) is 0 Å². The lowest BCUT2D eigenvalue weighted by atomic mass is 10.1. The number of ether oxygens (including phenoxy) is 1. The molecule has 6 nitrogen and oxygen atoms in total. The molecule has 1 heterocycles. The molecule has 1 N–H and O–H groups in total. The van der Waals surface area contributed by atoms with Crippen LogP contribution in [0.25, 0.3) is 0 Å². The number of rotatable bonds is 10. The zero-order valence-electron chi connectivity index (χ0n) is 15.2. The molecule has 6 heteroatoms. The lowest BCUT2D eigenvalue weighted by molar-refractivity contribution is 0.0658. The highest BCUT2D eigenvalue weighted by Gasteiger charge is 2.23. The van der Waals surface area contributed by atoms with Crippen molar-refractivity contribution in [3.05, 3.63) is 59.0 Å². The molecule has 140 valence electrons. The Morgan fingerprint density at radius 1 is 1.19 bits per heavy atom. The minimum absolute atomic E-state index is 0.0480. The van der Waals surface area contributed by atoms with Gasteiger partial charge < -0.3 is 19.2 Å². The van der Waals surface area contributed by atoms with E-state index in [0.29, 0.717) is 31.9 Å². The van der Waals surface area contributed by atoms with Gasteiger partial charge in [0.25, 0.3) is 5.91 Å². The van der Waals surface area contributed by atoms with Crippen LogP contribution in [0.4, 0.5) is 0 Å². The van der Waals surface area contributed by atoms with Gasteiger partial charge in [0, 0.05) is 32.7 Å². The van der Waals surface area contributed by atoms with E-state index in [1.165, 1.54) is 11.6 Å². The summed E-state index contributed by atoms with van der Waals surface area (Å²) in [6.07, 6.45) is 2.07. The zero-order chi connectivity index (χ0) is 18.9. The second-order valence-corrected chi connectivity index (χ2v) is 5.98. The monoisotopic (exact) mass is 359 g/mol. The summed E-state index contributed by atoms with van der Waals surface area (Å²) < 4.78 is 10.6. The SMILES string of the molecule is CCc1oc(C(=O)N(CCCc2ccccc2)CCOC)cc1C(=O)O. The van der Waals surface area contributed by atoms with Crippen molar-refractivity contribution in [1.82, 2.24) is 4.90 Å². The highest BCUT2D eigenvalue weighted by atomic mass is 16.5. The van der Waals surface area contributed by atoms with Crippen LogP contribution in [0.2, 0.25) is 0 Å². The maximum absolute atomic E-state index is 12.8. The number of benzene rings is 1. The lowest BCUT2D eigenvalue weighted by Gasteiger charge is -2.21. The number of aromatic carboxylic acids is 1. The van der Waals surface area contributed by atoms with Crippen molar-refractivity contribution in [2.45, 2.75) is 26.2 Å². The summed E-state index contributed by atoms with van der Waals surface area (Å²) in [6, 6.07) is 11.4. The average Bonchev–Trinajstić information content (AvgIpc) is 3.09. The number of aryl methyl sites for hydroxylation is 2. The number of carboxylic acid groups (broad SMARTS) is 1. The molecule has 0 spiro atoms. The summed E-state index contributed by atoms with van der Waals surface area (Å²) in [5, 5.41) is 9.23. The van der Waals surface area contributed by atoms with Gasteiger partial charge in [0.05, 0.1) is 6.61 Å². The molecule has 0 bridgehead atoms. The van der Waals surface area contributed by atoms with Crippen LogP contribution < -0.4 is 0 Å². The molecule has 1 amide bonds. The molecule has 0 unspecified atom stereocenters. The maximum Gasteiger partial charge on any atom is 0.339 e. The van der Waals surface area contributed by atoms with Gasteiger partial charge in [0.2, 0.25) is 0 Å². The van der Waals surface area contributed by atoms with E-state index in [1.807, 2.05) is 18.2 Å². The van der Waals surface area contributed by atoms with Crippen LogP contribution in [0.5, 0.6) is 0 Å². The molecule has 1 aromatic heterocycles. The van der Waals surface area contributed by atoms with Crippen LogP contribution in [0.15, 0.2) is 40.8 Å². The minimum Gasteiger partial charge on any atom is -0.478 e. The number of carboxylic acids is 1. The van der Waals surface area contributed by atoms with E-state index in [9.17, 15) is 14.7 Å². The Balaban J connectivity index is 2.07. The molecule has 0 aliphatic carbocycles. The number of methoxy groups -OCH3 is 1. The molecule has 0 saturated carbocycles. The van der Waals surface area contributed by atoms with Gasteiger partial charge in [-0.1, -0.05) is 37.3 Å². The van der Waals surface area contributed by atoms with E-state index in [1.54, 1.807) is 18.9 Å². The summed E-state index contributed by atoms with van der Waals surface area (Å²) in [5.74, 6) is -1.01. The first-order valence-corrected chi connectivity index (χ1v) is 8.75. The summed E-state index contributed by atoms with van der Waals surface area (Å²) in [4.78, 5) is 25.7. The van der Waals surface area contributed by atoms with Crippen molar-refractivity contribution < 1.29 is 23.8 Å². The fourth-order valence-electron chi connectivity index (χ4n) is 2.77. The van der Waals surface area contributed by atoms with E-state index in [-0.39, 0.29) is 17.2 Å². The van der Waals surface area contributed by atoms with E-state index in [4.69, 9.17) is 9.15 Å². The third kappa shape index (κ3) is 5.20. The summed E-state index contributed by atoms with van der Waals surface area (Å²) in [5.41, 5.74) is 1.26. The van der Waals surface area contributed by atoms with Crippen LogP contribution in [-0.2, 0) is 17.6 Å². The van der Waals surface area contributed by atoms with Gasteiger partial charge >= 0.3 is 5.97 Å². The fraction of sp³-hybridized carbons (Fsp3) is 0.400. The Labute approximate surface area is 153 Å². The van der Waals surface area contributed by atoms with Crippen molar-refractivity contribution >= 4 is 11.9 Å². The van der Waals surface area contributed by atoms with E-state index < -0.39 is 5.97 Å². The summed E-state index contributed by atoms with van der Waals surface area (Å²) >= 11 is 0. The van der Waals surface area contributed by atoms with Crippen LogP contribution >= 0.6 is 0 Å². The molecule has 0 aliphatic rings. The molecular weight excluding hydrogens is 334 g/mol. The molecule has 0 saturated heterocycles. The van der Waals surface area contributed by atoms with Gasteiger partial charge in [-0.05, 0) is 18.4 Å². The van der Waals surface area contributed by atoms with Gasteiger partial charge in [-0.2, -0.15) is 0 Å². The van der Waals surface area contributed by atoms with Gasteiger partial charge in [-0.3, -0.25) is 4.79 Å². The Morgan fingerprint density at radius 2 is 1.92 bits per heavy atom. The minimum atomic E-state index is -1.09. The predicted molar refractivity (Wildman–Crippen MR) is 97.6 cm³/mol. The average molecular weight is 359 g/mol. The number of furan rings is 1. The molecule has 2 rings (SSSR count). The Kier molecular flexibility index (Phi) is 7.41. The highest BCUT2D eigenvalue weighted by Crippen LogP contribution is 2.18. The van der Waals surface area contributed by atoms with Crippen molar-refractivity contribution in [2.24, 2.45) is 0 Å². The number of carbonyl (C=O) groups excluding carboxylic acids is 1. The molecule has 26 heavy (non-hydrogen) atoms. The van der Waals surface area contributed by atoms with Gasteiger partial charge in [0.15, 0.2) is 5.76 Å². The first kappa shape index (κ1) is 19.7. The summed E-state index contributed by atoms with van der Waals surface area (Å²) in [7, 11) is 1.58. The fourth-order valence-corrected chi connectivity index (χ4v) is 2.77. The van der Waals surface area contributed by atoms with Crippen molar-refractivity contribution in [1.29, 1.82) is 0 Å². The number of carbonyl (C=O) groups is 2. The van der Waals surface area contributed by atoms with Crippen LogP contribution in [-0.4, -0.2) is 48.7 Å². The lowest BCUT2D eigenvalue weighted by Crippen LogP contribution is -2.34. The smallest absolute Gasteiger partial charge is 0.339 e.